The highest BCUT2D eigenvalue weighted by atomic mass is 32.2. The number of halogens is 1. The first-order valence-corrected chi connectivity index (χ1v) is 9.16. The summed E-state index contributed by atoms with van der Waals surface area (Å²) in [5, 5.41) is 4.78. The molecule has 1 heterocycles. The van der Waals surface area contributed by atoms with Crippen molar-refractivity contribution in [1.82, 2.24) is 15.3 Å². The van der Waals surface area contributed by atoms with Crippen molar-refractivity contribution in [3.8, 4) is 0 Å². The van der Waals surface area contributed by atoms with E-state index in [4.69, 9.17) is 5.73 Å². The number of anilines is 1. The maximum atomic E-state index is 12.8. The third-order valence-corrected chi connectivity index (χ3v) is 4.59. The van der Waals surface area contributed by atoms with E-state index in [1.807, 2.05) is 0 Å². The van der Waals surface area contributed by atoms with Crippen molar-refractivity contribution in [1.29, 1.82) is 0 Å². The standard InChI is InChI=1S/C17H20FN5O3S/c1-10(27-9-16(25)22-12-4-2-11(18)3-5-12)17(26)20-8-14-21-13(7-19)6-15(24)23-14/h2-6,10H,7-9,19H2,1H3,(H,20,26)(H,22,25)(H,21,23,24). The molecule has 2 amide bonds. The van der Waals surface area contributed by atoms with Crippen LogP contribution in [0.4, 0.5) is 10.1 Å². The molecule has 144 valence electrons. The van der Waals surface area contributed by atoms with Gasteiger partial charge in [-0.25, -0.2) is 9.37 Å². The second-order valence-corrected chi connectivity index (χ2v) is 6.94. The van der Waals surface area contributed by atoms with E-state index in [2.05, 4.69) is 20.6 Å². The molecule has 0 saturated carbocycles. The van der Waals surface area contributed by atoms with Crippen molar-refractivity contribution in [2.45, 2.75) is 25.3 Å². The van der Waals surface area contributed by atoms with Gasteiger partial charge in [-0.05, 0) is 31.2 Å². The van der Waals surface area contributed by atoms with E-state index in [-0.39, 0.29) is 42.0 Å². The summed E-state index contributed by atoms with van der Waals surface area (Å²) in [6.07, 6.45) is 0. The Morgan fingerprint density at radius 2 is 2.04 bits per heavy atom. The van der Waals surface area contributed by atoms with Crippen molar-refractivity contribution >= 4 is 29.3 Å². The van der Waals surface area contributed by atoms with Crippen molar-refractivity contribution in [2.24, 2.45) is 5.73 Å². The van der Waals surface area contributed by atoms with Gasteiger partial charge in [0.05, 0.1) is 23.2 Å². The number of carbonyl (C=O) groups is 2. The summed E-state index contributed by atoms with van der Waals surface area (Å²) in [6, 6.07) is 6.70. The van der Waals surface area contributed by atoms with Gasteiger partial charge in [-0.1, -0.05) is 0 Å². The first-order valence-electron chi connectivity index (χ1n) is 8.11. The van der Waals surface area contributed by atoms with Gasteiger partial charge in [0.1, 0.15) is 11.6 Å². The van der Waals surface area contributed by atoms with E-state index in [1.165, 1.54) is 30.3 Å². The van der Waals surface area contributed by atoms with Crippen LogP contribution in [0.15, 0.2) is 35.1 Å². The molecule has 1 unspecified atom stereocenters. The molecular formula is C17H20FN5O3S. The zero-order valence-corrected chi connectivity index (χ0v) is 15.4. The topological polar surface area (TPSA) is 130 Å². The number of hydrogen-bond donors (Lipinski definition) is 4. The van der Waals surface area contributed by atoms with Crippen LogP contribution in [-0.2, 0) is 22.7 Å². The second-order valence-electron chi connectivity index (χ2n) is 5.61. The Hall–Kier alpha value is -2.72. The molecule has 0 saturated heterocycles. The quantitative estimate of drug-likeness (QED) is 0.523. The molecule has 0 fully saturated rings. The van der Waals surface area contributed by atoms with Gasteiger partial charge in [0, 0.05) is 18.3 Å². The summed E-state index contributed by atoms with van der Waals surface area (Å²) in [4.78, 5) is 42.1. The van der Waals surface area contributed by atoms with E-state index < -0.39 is 5.25 Å². The van der Waals surface area contributed by atoms with Crippen LogP contribution in [0, 0.1) is 5.82 Å². The Balaban J connectivity index is 1.78. The van der Waals surface area contributed by atoms with Crippen LogP contribution in [0.5, 0.6) is 0 Å². The predicted molar refractivity (Wildman–Crippen MR) is 102 cm³/mol. The summed E-state index contributed by atoms with van der Waals surface area (Å²) in [5.74, 6) is -0.615. The number of thioether (sulfide) groups is 1. The molecule has 0 aliphatic rings. The predicted octanol–water partition coefficient (Wildman–Crippen LogP) is 0.744. The van der Waals surface area contributed by atoms with Gasteiger partial charge >= 0.3 is 0 Å². The van der Waals surface area contributed by atoms with Gasteiger partial charge in [0.15, 0.2) is 0 Å². The highest BCUT2D eigenvalue weighted by molar-refractivity contribution is 8.01. The molecule has 2 rings (SSSR count). The smallest absolute Gasteiger partial charge is 0.251 e. The largest absolute Gasteiger partial charge is 0.348 e. The minimum Gasteiger partial charge on any atom is -0.348 e. The number of amides is 2. The first kappa shape index (κ1) is 20.6. The molecule has 1 aromatic heterocycles. The Labute approximate surface area is 159 Å². The minimum atomic E-state index is -0.492. The van der Waals surface area contributed by atoms with Crippen LogP contribution >= 0.6 is 11.8 Å². The average Bonchev–Trinajstić information content (AvgIpc) is 2.65. The van der Waals surface area contributed by atoms with Gasteiger partial charge in [-0.15, -0.1) is 11.8 Å². The zero-order chi connectivity index (χ0) is 19.8. The molecule has 27 heavy (non-hydrogen) atoms. The van der Waals surface area contributed by atoms with Crippen molar-refractivity contribution < 1.29 is 14.0 Å². The fraction of sp³-hybridized carbons (Fsp3) is 0.294. The summed E-state index contributed by atoms with van der Waals surface area (Å²) < 4.78 is 12.8. The maximum Gasteiger partial charge on any atom is 0.251 e. The van der Waals surface area contributed by atoms with E-state index in [0.29, 0.717) is 17.2 Å². The molecule has 0 radical (unpaired) electrons. The lowest BCUT2D eigenvalue weighted by Gasteiger charge is -2.12. The lowest BCUT2D eigenvalue weighted by molar-refractivity contribution is -0.120. The normalized spacial score (nSPS) is 11.7. The Bertz CT molecular complexity index is 856. The molecule has 1 aromatic carbocycles. The van der Waals surface area contributed by atoms with E-state index >= 15 is 0 Å². The third-order valence-electron chi connectivity index (χ3n) is 3.44. The van der Waals surface area contributed by atoms with Crippen molar-refractivity contribution in [3.05, 3.63) is 58.0 Å². The summed E-state index contributed by atoms with van der Waals surface area (Å²) >= 11 is 1.15. The second kappa shape index (κ2) is 9.83. The van der Waals surface area contributed by atoms with Crippen LogP contribution in [0.25, 0.3) is 0 Å². The van der Waals surface area contributed by atoms with Gasteiger partial charge in [0.25, 0.3) is 5.56 Å². The molecule has 0 spiro atoms. The third kappa shape index (κ3) is 6.83. The Morgan fingerprint density at radius 1 is 1.33 bits per heavy atom. The lowest BCUT2D eigenvalue weighted by atomic mass is 10.3. The number of H-pyrrole nitrogens is 1. The minimum absolute atomic E-state index is 0.0502. The van der Waals surface area contributed by atoms with Crippen LogP contribution in [0.3, 0.4) is 0 Å². The van der Waals surface area contributed by atoms with Gasteiger partial charge in [-0.3, -0.25) is 14.4 Å². The van der Waals surface area contributed by atoms with E-state index in [9.17, 15) is 18.8 Å². The Morgan fingerprint density at radius 3 is 2.70 bits per heavy atom. The molecule has 5 N–H and O–H groups in total. The molecule has 1 atom stereocenters. The number of aromatic nitrogens is 2. The Kier molecular flexibility index (Phi) is 7.50. The highest BCUT2D eigenvalue weighted by Crippen LogP contribution is 2.13. The number of nitrogens with zero attached hydrogens (tertiary/aromatic N) is 1. The summed E-state index contributed by atoms with van der Waals surface area (Å²) in [5.41, 5.74) is 6.04. The van der Waals surface area contributed by atoms with Gasteiger partial charge in [-0.2, -0.15) is 0 Å². The van der Waals surface area contributed by atoms with E-state index in [1.54, 1.807) is 6.92 Å². The number of nitrogens with two attached hydrogens (primary N) is 1. The maximum absolute atomic E-state index is 12.8. The molecule has 2 aromatic rings. The zero-order valence-electron chi connectivity index (χ0n) is 14.6. The molecular weight excluding hydrogens is 373 g/mol. The molecule has 0 aliphatic heterocycles. The van der Waals surface area contributed by atoms with Crippen LogP contribution < -0.4 is 21.9 Å². The molecule has 10 heteroatoms. The number of nitrogens with one attached hydrogen (secondary N) is 3. The summed E-state index contributed by atoms with van der Waals surface area (Å²) in [6.45, 7) is 1.84. The molecule has 0 bridgehead atoms. The fourth-order valence-electron chi connectivity index (χ4n) is 2.07. The molecule has 8 nitrogen and oxygen atoms in total. The SMILES string of the molecule is CC(SCC(=O)Nc1ccc(F)cc1)C(=O)NCc1nc(CN)cc(=O)[nH]1. The lowest BCUT2D eigenvalue weighted by Crippen LogP contribution is -2.32. The van der Waals surface area contributed by atoms with Crippen LogP contribution in [-0.4, -0.2) is 32.8 Å². The first-order chi connectivity index (χ1) is 12.9. The number of carbonyl (C=O) groups excluding carboxylic acids is 2. The highest BCUT2D eigenvalue weighted by Gasteiger charge is 2.15. The van der Waals surface area contributed by atoms with E-state index in [0.717, 1.165) is 11.8 Å². The van der Waals surface area contributed by atoms with Crippen molar-refractivity contribution in [2.75, 3.05) is 11.1 Å². The van der Waals surface area contributed by atoms with Crippen LogP contribution in [0.1, 0.15) is 18.4 Å². The number of hydrogen-bond acceptors (Lipinski definition) is 6. The van der Waals surface area contributed by atoms with Crippen molar-refractivity contribution in [3.63, 3.8) is 0 Å². The van der Waals surface area contributed by atoms with Crippen LogP contribution in [0.2, 0.25) is 0 Å². The van der Waals surface area contributed by atoms with Gasteiger partial charge in [0.2, 0.25) is 11.8 Å². The molecule has 0 aliphatic carbocycles. The average molecular weight is 393 g/mol. The van der Waals surface area contributed by atoms with Gasteiger partial charge < -0.3 is 21.4 Å². The summed E-state index contributed by atoms with van der Waals surface area (Å²) in [7, 11) is 0. The number of benzene rings is 1. The fourth-order valence-corrected chi connectivity index (χ4v) is 2.78. The number of rotatable bonds is 8. The monoisotopic (exact) mass is 393 g/mol. The number of aromatic amines is 1.